The molecule has 0 saturated carbocycles. The van der Waals surface area contributed by atoms with Crippen LogP contribution < -0.4 is 5.84 Å². The number of nitrogens with two attached hydrogens (primary N) is 1. The van der Waals surface area contributed by atoms with Crippen molar-refractivity contribution in [3.63, 3.8) is 0 Å². The van der Waals surface area contributed by atoms with Crippen molar-refractivity contribution >= 4 is 29.5 Å². The number of hydrogen-bond acceptors (Lipinski definition) is 7. The molecular formula is C12H16N4O3S2. The van der Waals surface area contributed by atoms with Gasteiger partial charge in [-0.15, -0.1) is 10.2 Å². The van der Waals surface area contributed by atoms with E-state index in [0.29, 0.717) is 16.7 Å². The van der Waals surface area contributed by atoms with Crippen LogP contribution in [-0.2, 0) is 11.5 Å². The summed E-state index contributed by atoms with van der Waals surface area (Å²) in [4.78, 5) is 10.7. The zero-order chi connectivity index (χ0) is 15.2. The van der Waals surface area contributed by atoms with Gasteiger partial charge in [0.25, 0.3) is 0 Å². The fourth-order valence-electron chi connectivity index (χ4n) is 1.52. The molecule has 7 nitrogen and oxygen atoms in total. The third-order valence-electron chi connectivity index (χ3n) is 2.53. The van der Waals surface area contributed by atoms with Gasteiger partial charge in [0.1, 0.15) is 5.76 Å². The summed E-state index contributed by atoms with van der Waals surface area (Å²) in [5.74, 6) is 8.29. The van der Waals surface area contributed by atoms with Gasteiger partial charge in [0.05, 0.1) is 11.5 Å². The van der Waals surface area contributed by atoms with Crippen molar-refractivity contribution < 1.29 is 14.3 Å². The fourth-order valence-corrected chi connectivity index (χ4v) is 3.10. The topological polar surface area (TPSA) is 107 Å². The minimum absolute atomic E-state index is 0.0727. The molecule has 2 rings (SSSR count). The lowest BCUT2D eigenvalue weighted by molar-refractivity contribution is 0.0661. The third kappa shape index (κ3) is 4.18. The summed E-state index contributed by atoms with van der Waals surface area (Å²) < 4.78 is 6.64. The average Bonchev–Trinajstić information content (AvgIpc) is 3.05. The monoisotopic (exact) mass is 328 g/mol. The number of nitrogens with zero attached hydrogens (tertiary/aromatic N) is 3. The van der Waals surface area contributed by atoms with E-state index in [1.54, 1.807) is 17.8 Å². The van der Waals surface area contributed by atoms with Crippen molar-refractivity contribution in [1.29, 1.82) is 0 Å². The largest absolute Gasteiger partial charge is 0.475 e. The number of aromatic nitrogens is 3. The number of carboxylic acids is 1. The van der Waals surface area contributed by atoms with Crippen LogP contribution in [0, 0.1) is 0 Å². The second-order valence-corrected chi connectivity index (χ2v) is 6.23. The molecule has 21 heavy (non-hydrogen) atoms. The Morgan fingerprint density at radius 1 is 1.43 bits per heavy atom. The number of hydrogen-bond donors (Lipinski definition) is 2. The highest BCUT2D eigenvalue weighted by Gasteiger charge is 2.13. The molecule has 0 radical (unpaired) electrons. The van der Waals surface area contributed by atoms with E-state index in [4.69, 9.17) is 15.4 Å². The Labute approximate surface area is 130 Å². The van der Waals surface area contributed by atoms with Gasteiger partial charge < -0.3 is 15.4 Å². The molecule has 0 bridgehead atoms. The SMILES string of the molecule is CCCSCc1nnc(SCc2ccc(C(=O)O)o2)n1N. The van der Waals surface area contributed by atoms with E-state index < -0.39 is 5.97 Å². The number of furan rings is 1. The Morgan fingerprint density at radius 2 is 2.24 bits per heavy atom. The summed E-state index contributed by atoms with van der Waals surface area (Å²) in [6.07, 6.45) is 1.11. The molecule has 2 aromatic heterocycles. The molecule has 0 saturated heterocycles. The molecule has 0 aliphatic carbocycles. The molecule has 0 aliphatic rings. The third-order valence-corrected chi connectivity index (χ3v) is 4.66. The quantitative estimate of drug-likeness (QED) is 0.431. The maximum atomic E-state index is 10.7. The van der Waals surface area contributed by atoms with Crippen LogP contribution in [0.1, 0.15) is 35.5 Å². The van der Waals surface area contributed by atoms with E-state index in [9.17, 15) is 4.79 Å². The first-order chi connectivity index (χ1) is 10.1. The molecule has 0 amide bonds. The maximum Gasteiger partial charge on any atom is 0.371 e. The first kappa shape index (κ1) is 15.8. The van der Waals surface area contributed by atoms with Gasteiger partial charge in [0, 0.05) is 0 Å². The first-order valence-electron chi connectivity index (χ1n) is 6.33. The number of aromatic carboxylic acids is 1. The fraction of sp³-hybridized carbons (Fsp3) is 0.417. The molecule has 0 fully saturated rings. The molecule has 0 unspecified atom stereocenters. The summed E-state index contributed by atoms with van der Waals surface area (Å²) in [5.41, 5.74) is 0. The predicted octanol–water partition coefficient (Wildman–Crippen LogP) is 2.22. The van der Waals surface area contributed by atoms with Crippen molar-refractivity contribution in [1.82, 2.24) is 14.9 Å². The first-order valence-corrected chi connectivity index (χ1v) is 8.47. The van der Waals surface area contributed by atoms with Gasteiger partial charge in [0.15, 0.2) is 5.82 Å². The van der Waals surface area contributed by atoms with E-state index in [2.05, 4.69) is 17.1 Å². The van der Waals surface area contributed by atoms with Crippen molar-refractivity contribution in [3.05, 3.63) is 29.5 Å². The number of thioether (sulfide) groups is 2. The standard InChI is InChI=1S/C12H16N4O3S2/c1-2-5-20-7-10-14-15-12(16(10)13)21-6-8-3-4-9(19-8)11(17)18/h3-4H,2,5-7,13H2,1H3,(H,17,18). The Balaban J connectivity index is 1.92. The Morgan fingerprint density at radius 3 is 2.90 bits per heavy atom. The second kappa shape index (κ2) is 7.41. The summed E-state index contributed by atoms with van der Waals surface area (Å²) >= 11 is 3.11. The molecule has 2 aromatic rings. The Hall–Kier alpha value is -1.61. The number of carboxylic acid groups (broad SMARTS) is 1. The van der Waals surface area contributed by atoms with Crippen LogP contribution in [0.3, 0.4) is 0 Å². The van der Waals surface area contributed by atoms with Crippen molar-refractivity contribution in [3.8, 4) is 0 Å². The summed E-state index contributed by atoms with van der Waals surface area (Å²) in [7, 11) is 0. The highest BCUT2D eigenvalue weighted by molar-refractivity contribution is 7.98. The van der Waals surface area contributed by atoms with Crippen LogP contribution in [0.25, 0.3) is 0 Å². The molecular weight excluding hydrogens is 312 g/mol. The van der Waals surface area contributed by atoms with Crippen molar-refractivity contribution in [2.45, 2.75) is 30.0 Å². The molecule has 0 aromatic carbocycles. The summed E-state index contributed by atoms with van der Waals surface area (Å²) in [6.45, 7) is 2.12. The van der Waals surface area contributed by atoms with Gasteiger partial charge in [0.2, 0.25) is 10.9 Å². The number of carbonyl (C=O) groups is 1. The lowest BCUT2D eigenvalue weighted by Gasteiger charge is -2.02. The average molecular weight is 328 g/mol. The van der Waals surface area contributed by atoms with Crippen LogP contribution in [0.5, 0.6) is 0 Å². The summed E-state index contributed by atoms with van der Waals surface area (Å²) in [5, 5.41) is 17.4. The van der Waals surface area contributed by atoms with E-state index in [-0.39, 0.29) is 5.76 Å². The van der Waals surface area contributed by atoms with Crippen LogP contribution in [0.4, 0.5) is 0 Å². The van der Waals surface area contributed by atoms with Crippen molar-refractivity contribution in [2.24, 2.45) is 0 Å². The van der Waals surface area contributed by atoms with Crippen LogP contribution in [-0.4, -0.2) is 31.7 Å². The highest BCUT2D eigenvalue weighted by Crippen LogP contribution is 2.23. The van der Waals surface area contributed by atoms with Gasteiger partial charge in [-0.3, -0.25) is 0 Å². The van der Waals surface area contributed by atoms with Crippen LogP contribution in [0.2, 0.25) is 0 Å². The predicted molar refractivity (Wildman–Crippen MR) is 81.9 cm³/mol. The van der Waals surface area contributed by atoms with Gasteiger partial charge in [-0.2, -0.15) is 11.8 Å². The molecule has 3 N–H and O–H groups in total. The lowest BCUT2D eigenvalue weighted by Crippen LogP contribution is -2.13. The van der Waals surface area contributed by atoms with Gasteiger partial charge >= 0.3 is 5.97 Å². The normalized spacial score (nSPS) is 10.9. The summed E-state index contributed by atoms with van der Waals surface area (Å²) in [6, 6.07) is 3.06. The maximum absolute atomic E-state index is 10.7. The zero-order valence-electron chi connectivity index (χ0n) is 11.5. The van der Waals surface area contributed by atoms with Crippen molar-refractivity contribution in [2.75, 3.05) is 11.6 Å². The molecule has 9 heteroatoms. The minimum Gasteiger partial charge on any atom is -0.475 e. The lowest BCUT2D eigenvalue weighted by atomic mass is 10.4. The molecule has 0 atom stereocenters. The van der Waals surface area contributed by atoms with E-state index in [1.165, 1.54) is 22.5 Å². The second-order valence-electron chi connectivity index (χ2n) is 4.18. The van der Waals surface area contributed by atoms with Crippen LogP contribution in [0.15, 0.2) is 21.7 Å². The van der Waals surface area contributed by atoms with E-state index in [0.717, 1.165) is 23.8 Å². The zero-order valence-corrected chi connectivity index (χ0v) is 13.1. The Bertz CT molecular complexity index is 611. The van der Waals surface area contributed by atoms with Gasteiger partial charge in [-0.05, 0) is 24.3 Å². The van der Waals surface area contributed by atoms with Crippen LogP contribution >= 0.6 is 23.5 Å². The van der Waals surface area contributed by atoms with Gasteiger partial charge in [-0.25, -0.2) is 9.47 Å². The highest BCUT2D eigenvalue weighted by atomic mass is 32.2. The molecule has 0 aliphatic heterocycles. The van der Waals surface area contributed by atoms with E-state index in [1.807, 2.05) is 0 Å². The molecule has 2 heterocycles. The van der Waals surface area contributed by atoms with E-state index >= 15 is 0 Å². The van der Waals surface area contributed by atoms with Gasteiger partial charge in [-0.1, -0.05) is 18.7 Å². The Kier molecular flexibility index (Phi) is 5.57. The number of rotatable bonds is 8. The molecule has 114 valence electrons. The smallest absolute Gasteiger partial charge is 0.371 e. The minimum atomic E-state index is -1.08. The molecule has 0 spiro atoms. The number of nitrogen functional groups attached to an aromatic ring is 1.